The van der Waals surface area contributed by atoms with Gasteiger partial charge in [-0.15, -0.1) is 0 Å². The minimum absolute atomic E-state index is 0.0224. The number of unbranched alkanes of at least 4 members (excludes halogenated alkanes) is 7. The maximum absolute atomic E-state index is 12.3. The number of rotatable bonds is 25. The van der Waals surface area contributed by atoms with Gasteiger partial charge in [0, 0.05) is 0 Å². The third kappa shape index (κ3) is 23.6. The Hall–Kier alpha value is -0.530. The molecule has 4 unspecified atom stereocenters. The van der Waals surface area contributed by atoms with Crippen LogP contribution >= 0.6 is 0 Å². The Kier molecular flexibility index (Phi) is 23.5. The number of hydrogen-bond donors (Lipinski definition) is 0. The molecule has 0 aromatic heterocycles. The van der Waals surface area contributed by atoms with Gasteiger partial charge in [0.2, 0.25) is 0 Å². The Balaban J connectivity index is 3.55. The molecule has 0 aromatic rings. The molecular weight excluding hydrogens is 428 g/mol. The van der Waals surface area contributed by atoms with Crippen LogP contribution in [0.25, 0.3) is 0 Å². The average Bonchev–Trinajstić information content (AvgIpc) is 2.81. The molecule has 4 atom stereocenters. The normalized spacial score (nSPS) is 15.2. The largest absolute Gasteiger partial charge is 0.465 e. The predicted octanol–water partition coefficient (Wildman–Crippen LogP) is 11.2. The average molecular weight is 495 g/mol. The van der Waals surface area contributed by atoms with Crippen LogP contribution in [0.2, 0.25) is 0 Å². The van der Waals surface area contributed by atoms with E-state index < -0.39 is 0 Å². The third-order valence-corrected chi connectivity index (χ3v) is 8.14. The molecule has 0 radical (unpaired) electrons. The van der Waals surface area contributed by atoms with Crippen LogP contribution in [0.4, 0.5) is 0 Å². The van der Waals surface area contributed by atoms with Crippen LogP contribution < -0.4 is 0 Å². The Morgan fingerprint density at radius 1 is 0.514 bits per heavy atom. The van der Waals surface area contributed by atoms with E-state index in [1.165, 1.54) is 103 Å². The monoisotopic (exact) mass is 495 g/mol. The van der Waals surface area contributed by atoms with Crippen molar-refractivity contribution in [1.82, 2.24) is 0 Å². The molecule has 0 bridgehead atoms. The van der Waals surface area contributed by atoms with Gasteiger partial charge in [0.15, 0.2) is 0 Å². The molecule has 0 aliphatic rings. The van der Waals surface area contributed by atoms with Crippen LogP contribution in [-0.2, 0) is 9.53 Å². The van der Waals surface area contributed by atoms with Gasteiger partial charge in [0.25, 0.3) is 0 Å². The van der Waals surface area contributed by atoms with Crippen molar-refractivity contribution in [3.05, 3.63) is 0 Å². The lowest BCUT2D eigenvalue weighted by Crippen LogP contribution is -2.15. The van der Waals surface area contributed by atoms with Crippen molar-refractivity contribution >= 4 is 5.97 Å². The van der Waals surface area contributed by atoms with Crippen molar-refractivity contribution in [1.29, 1.82) is 0 Å². The number of esters is 1. The second-order valence-corrected chi connectivity index (χ2v) is 12.6. The van der Waals surface area contributed by atoms with E-state index >= 15 is 0 Å². The van der Waals surface area contributed by atoms with Crippen LogP contribution in [-0.4, -0.2) is 12.6 Å². The lowest BCUT2D eigenvalue weighted by molar-refractivity contribution is -0.148. The zero-order valence-corrected chi connectivity index (χ0v) is 25.3. The summed E-state index contributed by atoms with van der Waals surface area (Å²) in [4.78, 5) is 12.3. The van der Waals surface area contributed by atoms with Crippen LogP contribution in [0, 0.1) is 29.6 Å². The second-order valence-electron chi connectivity index (χ2n) is 12.6. The van der Waals surface area contributed by atoms with Crippen LogP contribution in [0.3, 0.4) is 0 Å². The highest BCUT2D eigenvalue weighted by Crippen LogP contribution is 2.22. The van der Waals surface area contributed by atoms with Gasteiger partial charge in [-0.1, -0.05) is 158 Å². The fourth-order valence-electron chi connectivity index (χ4n) is 5.04. The molecule has 0 spiro atoms. The number of carbonyl (C=O) groups is 1. The summed E-state index contributed by atoms with van der Waals surface area (Å²) in [6.45, 7) is 16.8. The van der Waals surface area contributed by atoms with Crippen LogP contribution in [0.1, 0.15) is 170 Å². The van der Waals surface area contributed by atoms with E-state index in [0.717, 1.165) is 42.9 Å². The van der Waals surface area contributed by atoms with Gasteiger partial charge in [-0.05, 0) is 36.5 Å². The zero-order chi connectivity index (χ0) is 26.3. The Morgan fingerprint density at radius 2 is 0.943 bits per heavy atom. The van der Waals surface area contributed by atoms with Gasteiger partial charge in [0.1, 0.15) is 0 Å². The van der Waals surface area contributed by atoms with Gasteiger partial charge < -0.3 is 4.74 Å². The van der Waals surface area contributed by atoms with Crippen molar-refractivity contribution in [2.75, 3.05) is 6.61 Å². The number of hydrogen-bond acceptors (Lipinski definition) is 2. The van der Waals surface area contributed by atoms with Crippen molar-refractivity contribution in [2.24, 2.45) is 29.6 Å². The van der Waals surface area contributed by atoms with E-state index in [0.29, 0.717) is 6.61 Å². The first-order valence-electron chi connectivity index (χ1n) is 15.9. The molecule has 0 N–H and O–H groups in total. The van der Waals surface area contributed by atoms with Gasteiger partial charge in [-0.2, -0.15) is 0 Å². The smallest absolute Gasteiger partial charge is 0.308 e. The Morgan fingerprint density at radius 3 is 1.46 bits per heavy atom. The quantitative estimate of drug-likeness (QED) is 0.0931. The van der Waals surface area contributed by atoms with Crippen molar-refractivity contribution in [3.8, 4) is 0 Å². The summed E-state index contributed by atoms with van der Waals surface area (Å²) in [6, 6.07) is 0. The van der Waals surface area contributed by atoms with Crippen molar-refractivity contribution < 1.29 is 9.53 Å². The van der Waals surface area contributed by atoms with E-state index in [-0.39, 0.29) is 11.9 Å². The summed E-state index contributed by atoms with van der Waals surface area (Å²) >= 11 is 0. The molecular formula is C33H66O2. The third-order valence-electron chi connectivity index (χ3n) is 8.14. The zero-order valence-electron chi connectivity index (χ0n) is 25.3. The minimum atomic E-state index is 0.0224. The summed E-state index contributed by atoms with van der Waals surface area (Å²) < 4.78 is 5.55. The lowest BCUT2D eigenvalue weighted by Gasteiger charge is -2.16. The first-order valence-corrected chi connectivity index (χ1v) is 15.9. The molecule has 0 rings (SSSR count). The molecule has 2 nitrogen and oxygen atoms in total. The minimum Gasteiger partial charge on any atom is -0.465 e. The van der Waals surface area contributed by atoms with Crippen LogP contribution in [0.5, 0.6) is 0 Å². The molecule has 0 saturated carbocycles. The molecule has 0 saturated heterocycles. The standard InChI is InChI=1S/C33H66O2/c1-8-29(4)21-15-13-11-9-10-12-14-16-27-35-33(34)32(7)26-19-25-31(6)24-18-23-30(5)22-17-20-28(2)3/h28-32H,8-27H2,1-7H3. The van der Waals surface area contributed by atoms with E-state index in [4.69, 9.17) is 4.74 Å². The highest BCUT2D eigenvalue weighted by Gasteiger charge is 2.15. The number of ether oxygens (including phenoxy) is 1. The van der Waals surface area contributed by atoms with Crippen molar-refractivity contribution in [2.45, 2.75) is 170 Å². The van der Waals surface area contributed by atoms with Gasteiger partial charge in [-0.25, -0.2) is 0 Å². The van der Waals surface area contributed by atoms with E-state index in [1.54, 1.807) is 0 Å². The maximum atomic E-state index is 12.3. The van der Waals surface area contributed by atoms with E-state index in [2.05, 4.69) is 41.5 Å². The molecule has 210 valence electrons. The van der Waals surface area contributed by atoms with Gasteiger partial charge in [-0.3, -0.25) is 4.79 Å². The van der Waals surface area contributed by atoms with E-state index in [1.807, 2.05) is 6.92 Å². The SMILES string of the molecule is CCC(C)CCCCCCCCCCOC(=O)C(C)CCCC(C)CCCC(C)CCCC(C)C. The van der Waals surface area contributed by atoms with Gasteiger partial charge in [0.05, 0.1) is 12.5 Å². The Labute approximate surface area is 222 Å². The summed E-state index contributed by atoms with van der Waals surface area (Å²) in [6.07, 6.45) is 24.7. The van der Waals surface area contributed by atoms with Crippen LogP contribution in [0.15, 0.2) is 0 Å². The van der Waals surface area contributed by atoms with Crippen molar-refractivity contribution in [3.63, 3.8) is 0 Å². The molecule has 0 aliphatic carbocycles. The topological polar surface area (TPSA) is 26.3 Å². The fraction of sp³-hybridized carbons (Fsp3) is 0.970. The van der Waals surface area contributed by atoms with E-state index in [9.17, 15) is 4.79 Å². The molecule has 0 heterocycles. The Bertz CT molecular complexity index is 458. The summed E-state index contributed by atoms with van der Waals surface area (Å²) in [5, 5.41) is 0. The lowest BCUT2D eigenvalue weighted by atomic mass is 9.91. The first kappa shape index (κ1) is 34.5. The summed E-state index contributed by atoms with van der Waals surface area (Å²) in [5.74, 6) is 3.47. The molecule has 35 heavy (non-hydrogen) atoms. The molecule has 2 heteroatoms. The number of carbonyl (C=O) groups excluding carboxylic acids is 1. The molecule has 0 fully saturated rings. The maximum Gasteiger partial charge on any atom is 0.308 e. The second kappa shape index (κ2) is 23.8. The molecule has 0 aliphatic heterocycles. The summed E-state index contributed by atoms with van der Waals surface area (Å²) in [5.41, 5.74) is 0. The first-order chi connectivity index (χ1) is 16.8. The molecule has 0 aromatic carbocycles. The molecule has 0 amide bonds. The highest BCUT2D eigenvalue weighted by molar-refractivity contribution is 5.71. The highest BCUT2D eigenvalue weighted by atomic mass is 16.5. The van der Waals surface area contributed by atoms with Gasteiger partial charge >= 0.3 is 5.97 Å². The fourth-order valence-corrected chi connectivity index (χ4v) is 5.04. The summed E-state index contributed by atoms with van der Waals surface area (Å²) in [7, 11) is 0. The predicted molar refractivity (Wildman–Crippen MR) is 156 cm³/mol.